The van der Waals surface area contributed by atoms with Gasteiger partial charge in [0.15, 0.2) is 6.61 Å². The molecular weight excluding hydrogens is 316 g/mol. The summed E-state index contributed by atoms with van der Waals surface area (Å²) in [5.74, 6) is -0.970. The molecule has 0 atom stereocenters. The molecule has 0 saturated carbocycles. The predicted molar refractivity (Wildman–Crippen MR) is 91.1 cm³/mol. The van der Waals surface area contributed by atoms with Crippen LogP contribution >= 0.6 is 11.6 Å². The van der Waals surface area contributed by atoms with E-state index in [1.807, 2.05) is 31.1 Å². The Morgan fingerprint density at radius 1 is 1.13 bits per heavy atom. The summed E-state index contributed by atoms with van der Waals surface area (Å²) in [5, 5.41) is 3.12. The Balaban J connectivity index is 1.87. The van der Waals surface area contributed by atoms with Crippen LogP contribution < -0.4 is 10.2 Å². The molecule has 0 aliphatic heterocycles. The van der Waals surface area contributed by atoms with E-state index in [1.165, 1.54) is 0 Å². The average Bonchev–Trinajstić information content (AvgIpc) is 2.52. The van der Waals surface area contributed by atoms with Gasteiger partial charge in [-0.2, -0.15) is 0 Å². The van der Waals surface area contributed by atoms with Crippen LogP contribution in [-0.2, 0) is 9.53 Å². The second-order valence-corrected chi connectivity index (χ2v) is 5.51. The van der Waals surface area contributed by atoms with E-state index in [9.17, 15) is 9.59 Å². The van der Waals surface area contributed by atoms with Gasteiger partial charge in [-0.15, -0.1) is 0 Å². The molecule has 23 heavy (non-hydrogen) atoms. The number of nitrogens with zero attached hydrogens (tertiary/aromatic N) is 1. The summed E-state index contributed by atoms with van der Waals surface area (Å²) in [6.07, 6.45) is 0. The van der Waals surface area contributed by atoms with Crippen molar-refractivity contribution in [3.63, 3.8) is 0 Å². The van der Waals surface area contributed by atoms with Crippen molar-refractivity contribution in [1.29, 1.82) is 0 Å². The number of esters is 1. The maximum atomic E-state index is 11.9. The monoisotopic (exact) mass is 332 g/mol. The van der Waals surface area contributed by atoms with Gasteiger partial charge in [0.2, 0.25) is 0 Å². The summed E-state index contributed by atoms with van der Waals surface area (Å²) in [4.78, 5) is 25.6. The minimum absolute atomic E-state index is 0.360. The lowest BCUT2D eigenvalue weighted by molar-refractivity contribution is -0.119. The van der Waals surface area contributed by atoms with Gasteiger partial charge in [0, 0.05) is 30.5 Å². The minimum atomic E-state index is -0.545. The van der Waals surface area contributed by atoms with Crippen molar-refractivity contribution in [3.8, 4) is 0 Å². The Bertz CT molecular complexity index is 699. The van der Waals surface area contributed by atoms with Crippen molar-refractivity contribution in [2.24, 2.45) is 0 Å². The van der Waals surface area contributed by atoms with Crippen LogP contribution in [0.3, 0.4) is 0 Å². The third-order valence-electron chi connectivity index (χ3n) is 3.06. The number of carbonyl (C=O) groups is 2. The van der Waals surface area contributed by atoms with Crippen molar-refractivity contribution >= 4 is 34.9 Å². The Morgan fingerprint density at radius 3 is 2.43 bits per heavy atom. The van der Waals surface area contributed by atoms with Gasteiger partial charge in [-0.05, 0) is 42.5 Å². The molecule has 2 aromatic rings. The quantitative estimate of drug-likeness (QED) is 0.854. The normalized spacial score (nSPS) is 10.0. The zero-order valence-electron chi connectivity index (χ0n) is 12.9. The second-order valence-electron chi connectivity index (χ2n) is 5.08. The summed E-state index contributed by atoms with van der Waals surface area (Å²) in [7, 11) is 3.82. The molecule has 6 heteroatoms. The summed E-state index contributed by atoms with van der Waals surface area (Å²) < 4.78 is 5.00. The SMILES string of the molecule is CN(C)c1ccc(C(=O)OCC(=O)Nc2cccc(Cl)c2)cc1. The van der Waals surface area contributed by atoms with E-state index in [0.717, 1.165) is 5.69 Å². The van der Waals surface area contributed by atoms with E-state index >= 15 is 0 Å². The summed E-state index contributed by atoms with van der Waals surface area (Å²) in [6, 6.07) is 13.7. The van der Waals surface area contributed by atoms with Gasteiger partial charge in [0.05, 0.1) is 5.56 Å². The Hall–Kier alpha value is -2.53. The highest BCUT2D eigenvalue weighted by Crippen LogP contribution is 2.15. The highest BCUT2D eigenvalue weighted by molar-refractivity contribution is 6.30. The molecule has 120 valence electrons. The van der Waals surface area contributed by atoms with Gasteiger partial charge < -0.3 is 15.0 Å². The van der Waals surface area contributed by atoms with Crippen LogP contribution in [0.5, 0.6) is 0 Å². The predicted octanol–water partition coefficient (Wildman–Crippen LogP) is 3.20. The van der Waals surface area contributed by atoms with Gasteiger partial charge in [-0.25, -0.2) is 4.79 Å². The largest absolute Gasteiger partial charge is 0.452 e. The first kappa shape index (κ1) is 16.8. The van der Waals surface area contributed by atoms with Crippen LogP contribution in [0.1, 0.15) is 10.4 Å². The van der Waals surface area contributed by atoms with Gasteiger partial charge in [-0.1, -0.05) is 17.7 Å². The summed E-state index contributed by atoms with van der Waals surface area (Å²) in [5.41, 5.74) is 1.92. The van der Waals surface area contributed by atoms with Crippen molar-refractivity contribution in [2.45, 2.75) is 0 Å². The molecule has 0 spiro atoms. The lowest BCUT2D eigenvalue weighted by atomic mass is 10.2. The smallest absolute Gasteiger partial charge is 0.338 e. The van der Waals surface area contributed by atoms with Crippen molar-refractivity contribution < 1.29 is 14.3 Å². The molecule has 2 aromatic carbocycles. The van der Waals surface area contributed by atoms with Crippen molar-refractivity contribution in [3.05, 3.63) is 59.1 Å². The molecule has 0 aliphatic rings. The van der Waals surface area contributed by atoms with Gasteiger partial charge in [0.1, 0.15) is 0 Å². The van der Waals surface area contributed by atoms with E-state index < -0.39 is 11.9 Å². The standard InChI is InChI=1S/C17H17ClN2O3/c1-20(2)15-8-6-12(7-9-15)17(22)23-11-16(21)19-14-5-3-4-13(18)10-14/h3-10H,11H2,1-2H3,(H,19,21). The van der Waals surface area contributed by atoms with Crippen molar-refractivity contribution in [1.82, 2.24) is 0 Å². The molecule has 2 rings (SSSR count). The summed E-state index contributed by atoms with van der Waals surface area (Å²) >= 11 is 5.83. The van der Waals surface area contributed by atoms with Gasteiger partial charge >= 0.3 is 5.97 Å². The molecule has 0 heterocycles. The number of nitrogens with one attached hydrogen (secondary N) is 1. The topological polar surface area (TPSA) is 58.6 Å². The molecule has 0 aliphatic carbocycles. The first-order valence-electron chi connectivity index (χ1n) is 6.95. The lowest BCUT2D eigenvalue weighted by Crippen LogP contribution is -2.21. The first-order valence-corrected chi connectivity index (χ1v) is 7.33. The molecule has 0 aromatic heterocycles. The number of halogens is 1. The Labute approximate surface area is 139 Å². The number of benzene rings is 2. The van der Waals surface area contributed by atoms with Crippen LogP contribution in [0.4, 0.5) is 11.4 Å². The van der Waals surface area contributed by atoms with Crippen LogP contribution in [0.2, 0.25) is 5.02 Å². The third-order valence-corrected chi connectivity index (χ3v) is 3.30. The number of anilines is 2. The van der Waals surface area contributed by atoms with E-state index in [1.54, 1.807) is 36.4 Å². The zero-order valence-corrected chi connectivity index (χ0v) is 13.6. The van der Waals surface area contributed by atoms with Gasteiger partial charge in [0.25, 0.3) is 5.91 Å². The number of hydrogen-bond donors (Lipinski definition) is 1. The average molecular weight is 333 g/mol. The number of carbonyl (C=O) groups excluding carboxylic acids is 2. The second kappa shape index (κ2) is 7.65. The number of amides is 1. The maximum absolute atomic E-state index is 11.9. The number of hydrogen-bond acceptors (Lipinski definition) is 4. The van der Waals surface area contributed by atoms with E-state index in [2.05, 4.69) is 5.32 Å². The van der Waals surface area contributed by atoms with Crippen LogP contribution in [0, 0.1) is 0 Å². The first-order chi connectivity index (χ1) is 11.0. The third kappa shape index (κ3) is 5.00. The van der Waals surface area contributed by atoms with E-state index in [0.29, 0.717) is 16.3 Å². The summed E-state index contributed by atoms with van der Waals surface area (Å²) in [6.45, 7) is -0.360. The van der Waals surface area contributed by atoms with E-state index in [4.69, 9.17) is 16.3 Å². The molecule has 0 fully saturated rings. The highest BCUT2D eigenvalue weighted by atomic mass is 35.5. The van der Waals surface area contributed by atoms with Crippen LogP contribution in [0.15, 0.2) is 48.5 Å². The Morgan fingerprint density at radius 2 is 1.83 bits per heavy atom. The number of rotatable bonds is 5. The molecule has 0 saturated heterocycles. The molecule has 5 nitrogen and oxygen atoms in total. The van der Waals surface area contributed by atoms with Gasteiger partial charge in [-0.3, -0.25) is 4.79 Å². The fourth-order valence-electron chi connectivity index (χ4n) is 1.87. The van der Waals surface area contributed by atoms with E-state index in [-0.39, 0.29) is 6.61 Å². The van der Waals surface area contributed by atoms with Crippen LogP contribution in [-0.4, -0.2) is 32.6 Å². The maximum Gasteiger partial charge on any atom is 0.338 e. The molecular formula is C17H17ClN2O3. The van der Waals surface area contributed by atoms with Crippen molar-refractivity contribution in [2.75, 3.05) is 30.9 Å². The van der Waals surface area contributed by atoms with Crippen LogP contribution in [0.25, 0.3) is 0 Å². The molecule has 0 unspecified atom stereocenters. The molecule has 1 N–H and O–H groups in total. The lowest BCUT2D eigenvalue weighted by Gasteiger charge is -2.12. The molecule has 0 radical (unpaired) electrons. The molecule has 1 amide bonds. The highest BCUT2D eigenvalue weighted by Gasteiger charge is 2.10. The fraction of sp³-hybridized carbons (Fsp3) is 0.176. The fourth-order valence-corrected chi connectivity index (χ4v) is 2.06. The zero-order chi connectivity index (χ0) is 16.8. The minimum Gasteiger partial charge on any atom is -0.452 e. The molecule has 0 bridgehead atoms. The Kier molecular flexibility index (Phi) is 5.60. The number of ether oxygens (including phenoxy) is 1.